The topological polar surface area (TPSA) is 94.1 Å². The zero-order valence-corrected chi connectivity index (χ0v) is 21.3. The molecule has 38 heavy (non-hydrogen) atoms. The van der Waals surface area contributed by atoms with E-state index in [1.165, 1.54) is 18.1 Å². The molecule has 8 heteroatoms. The number of hydrogen-bond acceptors (Lipinski definition) is 6. The highest BCUT2D eigenvalue weighted by molar-refractivity contribution is 6.06. The molecule has 8 nitrogen and oxygen atoms in total. The number of rotatable bonds is 6. The first-order valence-corrected chi connectivity index (χ1v) is 12.9. The first kappa shape index (κ1) is 25.4. The van der Waals surface area contributed by atoms with Gasteiger partial charge in [-0.3, -0.25) is 24.6 Å². The van der Waals surface area contributed by atoms with Gasteiger partial charge >= 0.3 is 0 Å². The smallest absolute Gasteiger partial charge is 0.249 e. The standard InChI is InChI=1S/C30H31N5O3/c1-21(36)22-12-14-25(15-13-22)31-29(38)26-20-27(37)33-30(32-26)35-18-16-34(17-19-35)28(23-8-4-2-5-9-23)24-10-6-3-7-11-24/h2-15,26,28H,16-20H2,1H3,(H,31,38)(H,32,33,37)/t26-/m1/s1. The number of carbonyl (C=O) groups is 3. The van der Waals surface area contributed by atoms with Crippen LogP contribution in [-0.2, 0) is 9.59 Å². The van der Waals surface area contributed by atoms with Gasteiger partial charge in [-0.2, -0.15) is 0 Å². The molecule has 2 aliphatic rings. The first-order chi connectivity index (χ1) is 18.5. The lowest BCUT2D eigenvalue weighted by atomic mass is 9.96. The summed E-state index contributed by atoms with van der Waals surface area (Å²) in [6.45, 7) is 4.41. The first-order valence-electron chi connectivity index (χ1n) is 12.9. The van der Waals surface area contributed by atoms with E-state index < -0.39 is 6.04 Å². The summed E-state index contributed by atoms with van der Waals surface area (Å²) in [6, 6.07) is 27.0. The summed E-state index contributed by atoms with van der Waals surface area (Å²) >= 11 is 0. The molecule has 0 spiro atoms. The fourth-order valence-corrected chi connectivity index (χ4v) is 4.98. The van der Waals surface area contributed by atoms with Crippen LogP contribution in [0.25, 0.3) is 0 Å². The maximum absolute atomic E-state index is 12.9. The van der Waals surface area contributed by atoms with E-state index >= 15 is 0 Å². The van der Waals surface area contributed by atoms with Crippen LogP contribution in [0.5, 0.6) is 0 Å². The van der Waals surface area contributed by atoms with Crippen molar-refractivity contribution in [3.05, 3.63) is 102 Å². The van der Waals surface area contributed by atoms with Crippen molar-refractivity contribution in [2.24, 2.45) is 4.99 Å². The highest BCUT2D eigenvalue weighted by Gasteiger charge is 2.32. The largest absolute Gasteiger partial charge is 0.340 e. The molecule has 0 bridgehead atoms. The Hall–Kier alpha value is -4.30. The van der Waals surface area contributed by atoms with Crippen LogP contribution < -0.4 is 10.6 Å². The second-order valence-electron chi connectivity index (χ2n) is 9.59. The Morgan fingerprint density at radius 3 is 2.00 bits per heavy atom. The summed E-state index contributed by atoms with van der Waals surface area (Å²) in [5, 5.41) is 5.68. The lowest BCUT2D eigenvalue weighted by Crippen LogP contribution is -2.56. The maximum Gasteiger partial charge on any atom is 0.249 e. The number of Topliss-reactive ketones (excluding diaryl/α,β-unsaturated/α-hetero) is 1. The highest BCUT2D eigenvalue weighted by atomic mass is 16.2. The predicted octanol–water partition coefficient (Wildman–Crippen LogP) is 3.48. The summed E-state index contributed by atoms with van der Waals surface area (Å²) in [5.74, 6) is -0.167. The van der Waals surface area contributed by atoms with Gasteiger partial charge in [-0.25, -0.2) is 4.99 Å². The van der Waals surface area contributed by atoms with Gasteiger partial charge < -0.3 is 10.2 Å². The van der Waals surface area contributed by atoms with Crippen molar-refractivity contribution in [1.82, 2.24) is 15.1 Å². The van der Waals surface area contributed by atoms with Gasteiger partial charge in [0, 0.05) is 37.4 Å². The molecule has 2 N–H and O–H groups in total. The summed E-state index contributed by atoms with van der Waals surface area (Å²) in [6.07, 6.45) is -0.00901. The van der Waals surface area contributed by atoms with Crippen molar-refractivity contribution in [2.45, 2.75) is 25.4 Å². The second-order valence-corrected chi connectivity index (χ2v) is 9.59. The van der Waals surface area contributed by atoms with Crippen LogP contribution in [0.1, 0.15) is 40.9 Å². The number of hydrogen-bond donors (Lipinski definition) is 2. The SMILES string of the molecule is CC(=O)c1ccc(NC(=O)[C@H]2CC(=O)NC(N3CCN(C(c4ccccc4)c4ccccc4)CC3)=N2)cc1. The van der Waals surface area contributed by atoms with E-state index in [1.807, 2.05) is 17.0 Å². The van der Waals surface area contributed by atoms with E-state index in [4.69, 9.17) is 0 Å². The Kier molecular flexibility index (Phi) is 7.60. The predicted molar refractivity (Wildman–Crippen MR) is 147 cm³/mol. The third-order valence-corrected chi connectivity index (χ3v) is 6.98. The van der Waals surface area contributed by atoms with Crippen molar-refractivity contribution in [1.29, 1.82) is 0 Å². The van der Waals surface area contributed by atoms with E-state index in [9.17, 15) is 14.4 Å². The van der Waals surface area contributed by atoms with Crippen LogP contribution >= 0.6 is 0 Å². The number of piperazine rings is 1. The number of guanidine groups is 1. The molecule has 2 aliphatic heterocycles. The van der Waals surface area contributed by atoms with Crippen LogP contribution in [0.3, 0.4) is 0 Å². The maximum atomic E-state index is 12.9. The van der Waals surface area contributed by atoms with E-state index in [2.05, 4.69) is 69.1 Å². The molecule has 1 atom stereocenters. The summed E-state index contributed by atoms with van der Waals surface area (Å²) in [4.78, 5) is 46.0. The average Bonchev–Trinajstić information content (AvgIpc) is 2.95. The van der Waals surface area contributed by atoms with Gasteiger partial charge in [-0.05, 0) is 42.3 Å². The van der Waals surface area contributed by atoms with Gasteiger partial charge in [0.25, 0.3) is 0 Å². The second kappa shape index (κ2) is 11.4. The Morgan fingerprint density at radius 2 is 1.45 bits per heavy atom. The summed E-state index contributed by atoms with van der Waals surface area (Å²) < 4.78 is 0. The third kappa shape index (κ3) is 5.81. The minimum atomic E-state index is -0.814. The van der Waals surface area contributed by atoms with Crippen molar-refractivity contribution in [2.75, 3.05) is 31.5 Å². The quantitative estimate of drug-likeness (QED) is 0.497. The number of benzene rings is 3. The number of anilines is 1. The summed E-state index contributed by atoms with van der Waals surface area (Å²) in [5.41, 5.74) is 3.61. The van der Waals surface area contributed by atoms with Crippen LogP contribution in [0.4, 0.5) is 5.69 Å². The number of amides is 2. The normalized spacial score (nSPS) is 18.1. The molecule has 2 heterocycles. The van der Waals surface area contributed by atoms with Crippen molar-refractivity contribution < 1.29 is 14.4 Å². The number of carbonyl (C=O) groups excluding carboxylic acids is 3. The van der Waals surface area contributed by atoms with Crippen molar-refractivity contribution >= 4 is 29.2 Å². The molecular weight excluding hydrogens is 478 g/mol. The molecule has 0 radical (unpaired) electrons. The lowest BCUT2D eigenvalue weighted by molar-refractivity contribution is -0.125. The van der Waals surface area contributed by atoms with Gasteiger partial charge in [0.1, 0.15) is 6.04 Å². The number of ketones is 1. The minimum absolute atomic E-state index is 0.00901. The molecule has 3 aromatic carbocycles. The van der Waals surface area contributed by atoms with Crippen LogP contribution in [-0.4, -0.2) is 65.6 Å². The van der Waals surface area contributed by atoms with E-state index in [1.54, 1.807) is 24.3 Å². The Bertz CT molecular complexity index is 1280. The molecule has 1 fully saturated rings. The fourth-order valence-electron chi connectivity index (χ4n) is 4.98. The zero-order valence-electron chi connectivity index (χ0n) is 21.3. The molecule has 0 aliphatic carbocycles. The molecule has 1 saturated heterocycles. The number of nitrogens with one attached hydrogen (secondary N) is 2. The fraction of sp³-hybridized carbons (Fsp3) is 0.267. The van der Waals surface area contributed by atoms with Crippen LogP contribution in [0.2, 0.25) is 0 Å². The van der Waals surface area contributed by atoms with Crippen LogP contribution in [0, 0.1) is 0 Å². The molecule has 0 saturated carbocycles. The summed E-state index contributed by atoms with van der Waals surface area (Å²) in [7, 11) is 0. The minimum Gasteiger partial charge on any atom is -0.340 e. The molecule has 194 valence electrons. The van der Waals surface area contributed by atoms with Crippen molar-refractivity contribution in [3.63, 3.8) is 0 Å². The molecule has 0 unspecified atom stereocenters. The molecular formula is C30H31N5O3. The van der Waals surface area contributed by atoms with Gasteiger partial charge in [0.15, 0.2) is 5.78 Å². The van der Waals surface area contributed by atoms with E-state index in [0.717, 1.165) is 13.1 Å². The van der Waals surface area contributed by atoms with Gasteiger partial charge in [0.2, 0.25) is 17.8 Å². The number of aliphatic imine (C=N–C) groups is 1. The van der Waals surface area contributed by atoms with E-state index in [-0.39, 0.29) is 30.1 Å². The Labute approximate surface area is 222 Å². The van der Waals surface area contributed by atoms with Crippen molar-refractivity contribution in [3.8, 4) is 0 Å². The number of nitrogens with zero attached hydrogens (tertiary/aromatic N) is 3. The highest BCUT2D eigenvalue weighted by Crippen LogP contribution is 2.29. The Morgan fingerprint density at radius 1 is 0.868 bits per heavy atom. The van der Waals surface area contributed by atoms with E-state index in [0.29, 0.717) is 30.3 Å². The third-order valence-electron chi connectivity index (χ3n) is 6.98. The monoisotopic (exact) mass is 509 g/mol. The van der Waals surface area contributed by atoms with Crippen LogP contribution in [0.15, 0.2) is 89.9 Å². The average molecular weight is 510 g/mol. The Balaban J connectivity index is 1.26. The molecule has 0 aromatic heterocycles. The van der Waals surface area contributed by atoms with Gasteiger partial charge in [0.05, 0.1) is 12.5 Å². The van der Waals surface area contributed by atoms with Gasteiger partial charge in [-0.15, -0.1) is 0 Å². The molecule has 5 rings (SSSR count). The molecule has 3 aromatic rings. The van der Waals surface area contributed by atoms with Gasteiger partial charge in [-0.1, -0.05) is 60.7 Å². The zero-order chi connectivity index (χ0) is 26.5. The lowest BCUT2D eigenvalue weighted by Gasteiger charge is -2.41. The molecule has 2 amide bonds.